The van der Waals surface area contributed by atoms with E-state index in [1.807, 2.05) is 42.5 Å². The van der Waals surface area contributed by atoms with Gasteiger partial charge in [0.15, 0.2) is 11.4 Å². The first-order chi connectivity index (χ1) is 10.2. The van der Waals surface area contributed by atoms with Gasteiger partial charge in [0.25, 0.3) is 0 Å². The minimum atomic E-state index is -0.625. The van der Waals surface area contributed by atoms with Gasteiger partial charge in [0.2, 0.25) is 0 Å². The van der Waals surface area contributed by atoms with Gasteiger partial charge in [-0.25, -0.2) is 0 Å². The number of fused-ring (bicyclic) bond motifs is 1. The average molecular weight is 343 g/mol. The number of benzene rings is 2. The van der Waals surface area contributed by atoms with E-state index in [4.69, 9.17) is 4.74 Å². The Kier molecular flexibility index (Phi) is 3.02. The number of aryl methyl sites for hydroxylation is 1. The Morgan fingerprint density at radius 3 is 2.67 bits per heavy atom. The minimum Gasteiger partial charge on any atom is -0.352 e. The molecule has 2 aromatic carbocycles. The topological polar surface area (TPSA) is 29.6 Å². The molecule has 0 aromatic heterocycles. The van der Waals surface area contributed by atoms with E-state index in [9.17, 15) is 4.79 Å². The van der Waals surface area contributed by atoms with Gasteiger partial charge in [0.1, 0.15) is 6.10 Å². The molecular weight excluding hydrogens is 328 g/mol. The molecule has 0 radical (unpaired) electrons. The van der Waals surface area contributed by atoms with Crippen molar-refractivity contribution in [3.05, 3.63) is 69.7 Å². The molecule has 2 nitrogen and oxygen atoms in total. The van der Waals surface area contributed by atoms with E-state index in [2.05, 4.69) is 22.0 Å². The van der Waals surface area contributed by atoms with Gasteiger partial charge < -0.3 is 4.74 Å². The summed E-state index contributed by atoms with van der Waals surface area (Å²) in [5, 5.41) is 0. The van der Waals surface area contributed by atoms with Crippen LogP contribution in [-0.2, 0) is 11.2 Å². The Labute approximate surface area is 132 Å². The maximum absolute atomic E-state index is 12.9. The van der Waals surface area contributed by atoms with Crippen molar-refractivity contribution in [1.29, 1.82) is 0 Å². The van der Waals surface area contributed by atoms with Crippen LogP contribution >= 0.6 is 15.9 Å². The summed E-state index contributed by atoms with van der Waals surface area (Å²) in [4.78, 5) is 12.9. The highest BCUT2D eigenvalue weighted by atomic mass is 79.9. The van der Waals surface area contributed by atoms with Gasteiger partial charge in [0.05, 0.1) is 0 Å². The van der Waals surface area contributed by atoms with Crippen LogP contribution in [0, 0.1) is 0 Å². The second-order valence-corrected chi connectivity index (χ2v) is 6.69. The third-order valence-electron chi connectivity index (χ3n) is 4.51. The zero-order valence-electron chi connectivity index (χ0n) is 11.5. The van der Waals surface area contributed by atoms with Gasteiger partial charge in [-0.2, -0.15) is 0 Å². The first-order valence-electron chi connectivity index (χ1n) is 7.27. The molecule has 1 heterocycles. The van der Waals surface area contributed by atoms with Gasteiger partial charge in [-0.1, -0.05) is 52.3 Å². The largest absolute Gasteiger partial charge is 0.352 e. The molecular formula is C18H15BrO2. The molecule has 3 heteroatoms. The molecule has 0 amide bonds. The fraction of sp³-hybridized carbons (Fsp3) is 0.278. The maximum Gasteiger partial charge on any atom is 0.197 e. The molecule has 2 aromatic rings. The van der Waals surface area contributed by atoms with Crippen molar-refractivity contribution < 1.29 is 9.53 Å². The highest BCUT2D eigenvalue weighted by Crippen LogP contribution is 2.55. The monoisotopic (exact) mass is 342 g/mol. The molecule has 0 bridgehead atoms. The zero-order chi connectivity index (χ0) is 14.4. The predicted molar refractivity (Wildman–Crippen MR) is 84.4 cm³/mol. The lowest BCUT2D eigenvalue weighted by Gasteiger charge is -2.09. The number of halogens is 1. The van der Waals surface area contributed by atoms with Gasteiger partial charge >= 0.3 is 0 Å². The van der Waals surface area contributed by atoms with Crippen LogP contribution in [0.2, 0.25) is 0 Å². The zero-order valence-corrected chi connectivity index (χ0v) is 13.1. The van der Waals surface area contributed by atoms with E-state index >= 15 is 0 Å². The molecule has 0 N–H and O–H groups in total. The van der Waals surface area contributed by atoms with Crippen molar-refractivity contribution in [2.75, 3.05) is 0 Å². The summed E-state index contributed by atoms with van der Waals surface area (Å²) < 4.78 is 7.00. The van der Waals surface area contributed by atoms with Gasteiger partial charge in [0, 0.05) is 10.0 Å². The van der Waals surface area contributed by atoms with Crippen LogP contribution in [0.5, 0.6) is 0 Å². The normalized spacial score (nSPS) is 27.3. The molecule has 2 aliphatic rings. The third-order valence-corrected chi connectivity index (χ3v) is 5.04. The number of carbonyl (C=O) groups excluding carboxylic acids is 1. The molecule has 4 rings (SSSR count). The van der Waals surface area contributed by atoms with E-state index in [0.717, 1.165) is 40.4 Å². The van der Waals surface area contributed by atoms with Crippen LogP contribution < -0.4 is 0 Å². The summed E-state index contributed by atoms with van der Waals surface area (Å²) in [7, 11) is 0. The average Bonchev–Trinajstić information content (AvgIpc) is 3.25. The molecule has 0 saturated carbocycles. The van der Waals surface area contributed by atoms with Crippen LogP contribution in [0.25, 0.3) is 0 Å². The van der Waals surface area contributed by atoms with Crippen LogP contribution in [0.1, 0.15) is 40.4 Å². The lowest BCUT2D eigenvalue weighted by molar-refractivity contribution is 0.0867. The van der Waals surface area contributed by atoms with Crippen LogP contribution in [0.15, 0.2) is 53.0 Å². The number of carbonyl (C=O) groups is 1. The fourth-order valence-electron chi connectivity index (χ4n) is 3.36. The molecule has 21 heavy (non-hydrogen) atoms. The van der Waals surface area contributed by atoms with E-state index in [1.54, 1.807) is 0 Å². The maximum atomic E-state index is 12.9. The lowest BCUT2D eigenvalue weighted by Crippen LogP contribution is -2.24. The Morgan fingerprint density at radius 1 is 1.10 bits per heavy atom. The third kappa shape index (κ3) is 2.07. The summed E-state index contributed by atoms with van der Waals surface area (Å²) in [6.45, 7) is 0. The highest BCUT2D eigenvalue weighted by molar-refractivity contribution is 9.10. The molecule has 1 aliphatic heterocycles. The van der Waals surface area contributed by atoms with Crippen LogP contribution in [0.3, 0.4) is 0 Å². The molecule has 106 valence electrons. The number of hydrogen-bond acceptors (Lipinski definition) is 2. The SMILES string of the molecule is O=C1c2ccccc2CCC[C@]12O[C@@H]2c1ccc(Br)cc1. The highest BCUT2D eigenvalue weighted by Gasteiger charge is 2.62. The molecule has 1 spiro atoms. The Balaban J connectivity index is 1.70. The molecule has 1 aliphatic carbocycles. The summed E-state index contributed by atoms with van der Waals surface area (Å²) in [5.41, 5.74) is 2.46. The number of epoxide rings is 1. The second kappa shape index (κ2) is 4.79. The second-order valence-electron chi connectivity index (χ2n) is 5.78. The van der Waals surface area contributed by atoms with Crippen molar-refractivity contribution in [1.82, 2.24) is 0 Å². The van der Waals surface area contributed by atoms with E-state index in [0.29, 0.717) is 0 Å². The minimum absolute atomic E-state index is 0.0933. The van der Waals surface area contributed by atoms with E-state index in [-0.39, 0.29) is 11.9 Å². The number of ketones is 1. The Morgan fingerprint density at radius 2 is 1.86 bits per heavy atom. The van der Waals surface area contributed by atoms with Crippen LogP contribution in [0.4, 0.5) is 0 Å². The fourth-order valence-corrected chi connectivity index (χ4v) is 3.62. The summed E-state index contributed by atoms with van der Waals surface area (Å²) >= 11 is 3.44. The van der Waals surface area contributed by atoms with Crippen LogP contribution in [-0.4, -0.2) is 11.4 Å². The number of hydrogen-bond donors (Lipinski definition) is 0. The number of rotatable bonds is 1. The number of Topliss-reactive ketones (excluding diaryl/α,β-unsaturated/α-hetero) is 1. The summed E-state index contributed by atoms with van der Waals surface area (Å²) in [6.07, 6.45) is 2.67. The van der Waals surface area contributed by atoms with Gasteiger partial charge in [-0.15, -0.1) is 0 Å². The molecule has 2 atom stereocenters. The van der Waals surface area contributed by atoms with Gasteiger partial charge in [-0.3, -0.25) is 4.79 Å². The number of ether oxygens (including phenoxy) is 1. The van der Waals surface area contributed by atoms with Crippen molar-refractivity contribution in [2.45, 2.75) is 31.0 Å². The quantitative estimate of drug-likeness (QED) is 0.715. The van der Waals surface area contributed by atoms with Crippen molar-refractivity contribution in [3.8, 4) is 0 Å². The summed E-state index contributed by atoms with van der Waals surface area (Å²) in [5.74, 6) is 0.156. The van der Waals surface area contributed by atoms with Crippen molar-refractivity contribution in [3.63, 3.8) is 0 Å². The first-order valence-corrected chi connectivity index (χ1v) is 8.06. The standard InChI is InChI=1S/C18H15BrO2/c19-14-9-7-13(8-10-14)17-18(21-17)11-3-5-12-4-1-2-6-15(12)16(18)20/h1-2,4,6-10,17H,3,5,11H2/t17-,18+/m1/s1. The predicted octanol–water partition coefficient (Wildman–Crippen LogP) is 4.48. The lowest BCUT2D eigenvalue weighted by atomic mass is 9.89. The Hall–Kier alpha value is -1.45. The summed E-state index contributed by atoms with van der Waals surface area (Å²) in [6, 6.07) is 16.0. The molecule has 0 unspecified atom stereocenters. The van der Waals surface area contributed by atoms with Crippen molar-refractivity contribution >= 4 is 21.7 Å². The van der Waals surface area contributed by atoms with E-state index < -0.39 is 5.60 Å². The van der Waals surface area contributed by atoms with E-state index in [1.165, 1.54) is 0 Å². The Bertz CT molecular complexity index is 707. The van der Waals surface area contributed by atoms with Gasteiger partial charge in [-0.05, 0) is 42.5 Å². The smallest absolute Gasteiger partial charge is 0.197 e. The molecule has 1 fully saturated rings. The van der Waals surface area contributed by atoms with Crippen molar-refractivity contribution in [2.24, 2.45) is 0 Å². The first kappa shape index (κ1) is 13.2. The molecule has 1 saturated heterocycles.